The zero-order valence-corrected chi connectivity index (χ0v) is 11.3. The van der Waals surface area contributed by atoms with E-state index in [1.54, 1.807) is 6.07 Å². The quantitative estimate of drug-likeness (QED) is 0.879. The highest BCUT2D eigenvalue weighted by atomic mass is 32.2. The molecule has 20 heavy (non-hydrogen) atoms. The average Bonchev–Trinajstić information content (AvgIpc) is 2.41. The van der Waals surface area contributed by atoms with Gasteiger partial charge in [0.05, 0.1) is 5.56 Å². The number of aromatic nitrogens is 2. The molecule has 2 aromatic heterocycles. The number of nitrogens with one attached hydrogen (secondary N) is 1. The first-order valence-corrected chi connectivity index (χ1v) is 7.01. The van der Waals surface area contributed by atoms with E-state index in [-0.39, 0.29) is 16.4 Å². The minimum absolute atomic E-state index is 0.0857. The molecule has 2 N–H and O–H groups in total. The van der Waals surface area contributed by atoms with Crippen LogP contribution >= 0.6 is 0 Å². The van der Waals surface area contributed by atoms with Gasteiger partial charge in [-0.2, -0.15) is 8.42 Å². The van der Waals surface area contributed by atoms with Gasteiger partial charge in [0, 0.05) is 12.4 Å². The summed E-state index contributed by atoms with van der Waals surface area (Å²) in [5.74, 6) is -1.01. The molecule has 0 unspecified atom stereocenters. The molecule has 0 aliphatic carbocycles. The lowest BCUT2D eigenvalue weighted by Gasteiger charge is -2.06. The molecule has 0 aromatic carbocycles. The second-order valence-electron chi connectivity index (χ2n) is 4.02. The summed E-state index contributed by atoms with van der Waals surface area (Å²) in [7, 11) is -3.89. The maximum absolute atomic E-state index is 12.0. The molecule has 0 radical (unpaired) electrons. The molecule has 8 heteroatoms. The molecule has 0 saturated carbocycles. The van der Waals surface area contributed by atoms with Crippen LogP contribution in [0.3, 0.4) is 0 Å². The number of sulfonamides is 1. The van der Waals surface area contributed by atoms with Gasteiger partial charge in [0.25, 0.3) is 10.0 Å². The van der Waals surface area contributed by atoms with Crippen LogP contribution in [0, 0.1) is 6.92 Å². The summed E-state index contributed by atoms with van der Waals surface area (Å²) in [6.07, 6.45) is 2.51. The predicted octanol–water partition coefficient (Wildman–Crippen LogP) is 1.28. The van der Waals surface area contributed by atoms with E-state index in [2.05, 4.69) is 14.7 Å². The van der Waals surface area contributed by atoms with Crippen molar-refractivity contribution in [3.05, 3.63) is 47.8 Å². The van der Waals surface area contributed by atoms with Gasteiger partial charge in [0.15, 0.2) is 5.03 Å². The van der Waals surface area contributed by atoms with Crippen LogP contribution in [0.2, 0.25) is 0 Å². The van der Waals surface area contributed by atoms with Crippen LogP contribution in [0.1, 0.15) is 15.9 Å². The molecular formula is C12H11N3O4S. The summed E-state index contributed by atoms with van der Waals surface area (Å²) in [4.78, 5) is 18.2. The van der Waals surface area contributed by atoms with Crippen molar-refractivity contribution in [1.29, 1.82) is 0 Å². The van der Waals surface area contributed by atoms with Crippen molar-refractivity contribution in [2.45, 2.75) is 11.9 Å². The van der Waals surface area contributed by atoms with Crippen LogP contribution in [-0.2, 0) is 10.0 Å². The summed E-state index contributed by atoms with van der Waals surface area (Å²) in [6.45, 7) is 1.83. The van der Waals surface area contributed by atoms with Gasteiger partial charge in [0.2, 0.25) is 0 Å². The third-order valence-corrected chi connectivity index (χ3v) is 3.68. The van der Waals surface area contributed by atoms with Crippen molar-refractivity contribution < 1.29 is 18.3 Å². The molecule has 0 amide bonds. The monoisotopic (exact) mass is 293 g/mol. The molecule has 0 fully saturated rings. The summed E-state index contributed by atoms with van der Waals surface area (Å²) in [5, 5.41) is 8.45. The second-order valence-corrected chi connectivity index (χ2v) is 5.65. The van der Waals surface area contributed by atoms with E-state index in [9.17, 15) is 13.2 Å². The third-order valence-electron chi connectivity index (χ3n) is 2.41. The Kier molecular flexibility index (Phi) is 3.66. The predicted molar refractivity (Wildman–Crippen MR) is 71.0 cm³/mol. The number of pyridine rings is 2. The number of carboxylic acid groups (broad SMARTS) is 1. The maximum Gasteiger partial charge on any atom is 0.337 e. The van der Waals surface area contributed by atoms with E-state index in [1.807, 2.05) is 6.92 Å². The molecule has 104 valence electrons. The molecule has 0 atom stereocenters. The molecule has 0 aliphatic heterocycles. The number of anilines is 1. The van der Waals surface area contributed by atoms with Gasteiger partial charge >= 0.3 is 5.97 Å². The molecule has 0 aliphatic rings. The van der Waals surface area contributed by atoms with E-state index in [0.29, 0.717) is 0 Å². The van der Waals surface area contributed by atoms with Crippen LogP contribution in [0.25, 0.3) is 0 Å². The summed E-state index contributed by atoms with van der Waals surface area (Å²) in [5.41, 5.74) is 0.814. The Hall–Kier alpha value is -2.48. The van der Waals surface area contributed by atoms with Crippen molar-refractivity contribution in [1.82, 2.24) is 9.97 Å². The smallest absolute Gasteiger partial charge is 0.337 e. The number of hydrogen-bond acceptors (Lipinski definition) is 5. The minimum atomic E-state index is -3.89. The van der Waals surface area contributed by atoms with Crippen LogP contribution in [0.4, 0.5) is 5.82 Å². The zero-order chi connectivity index (χ0) is 14.8. The SMILES string of the molecule is Cc1ccc(NS(=O)(=O)c2ccc(C(=O)O)cn2)nc1. The lowest BCUT2D eigenvalue weighted by molar-refractivity contribution is 0.0696. The molecule has 2 heterocycles. The first-order chi connectivity index (χ1) is 9.38. The first kappa shape index (κ1) is 13.9. The largest absolute Gasteiger partial charge is 0.478 e. The Balaban J connectivity index is 2.26. The van der Waals surface area contributed by atoms with Crippen molar-refractivity contribution in [2.75, 3.05) is 4.72 Å². The topological polar surface area (TPSA) is 109 Å². The van der Waals surface area contributed by atoms with E-state index in [0.717, 1.165) is 17.8 Å². The summed E-state index contributed by atoms with van der Waals surface area (Å²) >= 11 is 0. The van der Waals surface area contributed by atoms with Crippen LogP contribution in [0.5, 0.6) is 0 Å². The molecule has 0 saturated heterocycles. The van der Waals surface area contributed by atoms with E-state index in [4.69, 9.17) is 5.11 Å². The molecule has 2 rings (SSSR count). The van der Waals surface area contributed by atoms with Gasteiger partial charge in [-0.25, -0.2) is 14.8 Å². The highest BCUT2D eigenvalue weighted by molar-refractivity contribution is 7.92. The Morgan fingerprint density at radius 3 is 2.40 bits per heavy atom. The highest BCUT2D eigenvalue weighted by Crippen LogP contribution is 2.13. The summed E-state index contributed by atoms with van der Waals surface area (Å²) in [6, 6.07) is 5.54. The van der Waals surface area contributed by atoms with E-state index < -0.39 is 16.0 Å². The molecule has 0 spiro atoms. The number of nitrogens with zero attached hydrogens (tertiary/aromatic N) is 2. The normalized spacial score (nSPS) is 11.1. The minimum Gasteiger partial charge on any atom is -0.478 e. The lowest BCUT2D eigenvalue weighted by atomic mass is 10.3. The van der Waals surface area contributed by atoms with Gasteiger partial charge in [-0.3, -0.25) is 4.72 Å². The Morgan fingerprint density at radius 2 is 1.90 bits per heavy atom. The number of hydrogen-bond donors (Lipinski definition) is 2. The third kappa shape index (κ3) is 3.09. The second kappa shape index (κ2) is 5.25. The van der Waals surface area contributed by atoms with Gasteiger partial charge < -0.3 is 5.11 Å². The fourth-order valence-corrected chi connectivity index (χ4v) is 2.32. The Morgan fingerprint density at radius 1 is 1.15 bits per heavy atom. The standard InChI is InChI=1S/C12H11N3O4S/c1-8-2-4-10(13-6-8)15-20(18,19)11-5-3-9(7-14-11)12(16)17/h2-7H,1H3,(H,13,15)(H,16,17). The van der Waals surface area contributed by atoms with Gasteiger partial charge in [-0.1, -0.05) is 6.07 Å². The molecule has 7 nitrogen and oxygen atoms in total. The molecule has 0 bridgehead atoms. The average molecular weight is 293 g/mol. The van der Waals surface area contributed by atoms with Gasteiger partial charge in [-0.15, -0.1) is 0 Å². The number of carbonyl (C=O) groups is 1. The van der Waals surface area contributed by atoms with Gasteiger partial charge in [0.1, 0.15) is 5.82 Å². The van der Waals surface area contributed by atoms with Crippen molar-refractivity contribution in [3.63, 3.8) is 0 Å². The van der Waals surface area contributed by atoms with Crippen molar-refractivity contribution >= 4 is 21.8 Å². The van der Waals surface area contributed by atoms with Crippen LogP contribution < -0.4 is 4.72 Å². The number of rotatable bonds is 4. The fourth-order valence-electron chi connectivity index (χ4n) is 1.38. The van der Waals surface area contributed by atoms with E-state index in [1.165, 1.54) is 18.3 Å². The van der Waals surface area contributed by atoms with Crippen LogP contribution in [-0.4, -0.2) is 29.5 Å². The fraction of sp³-hybridized carbons (Fsp3) is 0.0833. The number of aromatic carboxylic acids is 1. The number of aryl methyl sites for hydroxylation is 1. The van der Waals surface area contributed by atoms with Crippen molar-refractivity contribution in [3.8, 4) is 0 Å². The highest BCUT2D eigenvalue weighted by Gasteiger charge is 2.17. The van der Waals surface area contributed by atoms with Gasteiger partial charge in [-0.05, 0) is 30.7 Å². The Bertz CT molecular complexity index is 724. The summed E-state index contributed by atoms with van der Waals surface area (Å²) < 4.78 is 26.3. The van der Waals surface area contributed by atoms with E-state index >= 15 is 0 Å². The van der Waals surface area contributed by atoms with Crippen LogP contribution in [0.15, 0.2) is 41.7 Å². The lowest BCUT2D eigenvalue weighted by Crippen LogP contribution is -2.15. The zero-order valence-electron chi connectivity index (χ0n) is 10.4. The molecular weight excluding hydrogens is 282 g/mol. The Labute approximate surface area is 115 Å². The van der Waals surface area contributed by atoms with Crippen molar-refractivity contribution in [2.24, 2.45) is 0 Å². The first-order valence-electron chi connectivity index (χ1n) is 5.53. The number of carboxylic acids is 1. The molecule has 2 aromatic rings. The maximum atomic E-state index is 12.0.